The van der Waals surface area contributed by atoms with E-state index in [1.165, 1.54) is 6.20 Å². The predicted molar refractivity (Wildman–Crippen MR) is 70.7 cm³/mol. The molecule has 0 aliphatic carbocycles. The summed E-state index contributed by atoms with van der Waals surface area (Å²) >= 11 is 1.06. The highest BCUT2D eigenvalue weighted by atomic mass is 32.1. The second-order valence-corrected chi connectivity index (χ2v) is 4.24. The molecule has 0 fully saturated rings. The van der Waals surface area contributed by atoms with E-state index < -0.39 is 6.10 Å². The second kappa shape index (κ2) is 6.86. The molecular formula is C11H14N4O3S. The SMILES string of the molecule is COc1ccc(NCC(O)COc2cnsn2)cn1. The van der Waals surface area contributed by atoms with Crippen LogP contribution >= 0.6 is 11.7 Å². The van der Waals surface area contributed by atoms with Crippen molar-refractivity contribution in [3.8, 4) is 11.8 Å². The molecule has 0 amide bonds. The number of nitrogens with one attached hydrogen (secondary N) is 1. The molecule has 0 saturated heterocycles. The highest BCUT2D eigenvalue weighted by Gasteiger charge is 2.06. The molecule has 2 aromatic rings. The Bertz CT molecular complexity index is 477. The fraction of sp³-hybridized carbons (Fsp3) is 0.364. The van der Waals surface area contributed by atoms with Gasteiger partial charge in [-0.25, -0.2) is 4.98 Å². The van der Waals surface area contributed by atoms with Crippen LogP contribution in [-0.4, -0.2) is 45.2 Å². The van der Waals surface area contributed by atoms with Gasteiger partial charge in [0.1, 0.15) is 18.9 Å². The summed E-state index contributed by atoms with van der Waals surface area (Å²) in [6.45, 7) is 0.508. The highest BCUT2D eigenvalue weighted by molar-refractivity contribution is 6.99. The first kappa shape index (κ1) is 13.5. The highest BCUT2D eigenvalue weighted by Crippen LogP contribution is 2.11. The van der Waals surface area contributed by atoms with Crippen LogP contribution in [0.2, 0.25) is 0 Å². The zero-order valence-corrected chi connectivity index (χ0v) is 11.1. The lowest BCUT2D eigenvalue weighted by molar-refractivity contribution is 0.115. The maximum atomic E-state index is 9.73. The number of aromatic nitrogens is 3. The fourth-order valence-electron chi connectivity index (χ4n) is 1.30. The molecule has 0 bridgehead atoms. The first-order valence-corrected chi connectivity index (χ1v) is 6.33. The second-order valence-electron chi connectivity index (χ2n) is 3.68. The molecule has 2 N–H and O–H groups in total. The molecule has 0 aliphatic heterocycles. The first-order chi connectivity index (χ1) is 9.28. The maximum absolute atomic E-state index is 9.73. The van der Waals surface area contributed by atoms with Crippen molar-refractivity contribution in [3.05, 3.63) is 24.5 Å². The molecule has 7 nitrogen and oxygen atoms in total. The summed E-state index contributed by atoms with van der Waals surface area (Å²) in [6, 6.07) is 3.57. The monoisotopic (exact) mass is 282 g/mol. The van der Waals surface area contributed by atoms with Crippen molar-refractivity contribution in [2.45, 2.75) is 6.10 Å². The molecule has 1 unspecified atom stereocenters. The molecule has 0 aliphatic rings. The van der Waals surface area contributed by atoms with Crippen molar-refractivity contribution in [1.82, 2.24) is 13.7 Å². The van der Waals surface area contributed by atoms with Gasteiger partial charge in [0.15, 0.2) is 0 Å². The Hall–Kier alpha value is -1.93. The summed E-state index contributed by atoms with van der Waals surface area (Å²) in [5.41, 5.74) is 0.801. The van der Waals surface area contributed by atoms with Crippen LogP contribution in [0.25, 0.3) is 0 Å². The van der Waals surface area contributed by atoms with E-state index in [2.05, 4.69) is 19.0 Å². The molecule has 8 heteroatoms. The van der Waals surface area contributed by atoms with E-state index in [1.807, 2.05) is 6.07 Å². The number of aliphatic hydroxyl groups is 1. The van der Waals surface area contributed by atoms with Gasteiger partial charge in [-0.2, -0.15) is 4.37 Å². The van der Waals surface area contributed by atoms with Gasteiger partial charge in [0.2, 0.25) is 11.8 Å². The molecule has 0 spiro atoms. The Morgan fingerprint density at radius 1 is 1.37 bits per heavy atom. The lowest BCUT2D eigenvalue weighted by atomic mass is 10.3. The van der Waals surface area contributed by atoms with Crippen LogP contribution < -0.4 is 14.8 Å². The summed E-state index contributed by atoms with van der Waals surface area (Å²) in [5, 5.41) is 12.8. The van der Waals surface area contributed by atoms with Crippen LogP contribution in [0.1, 0.15) is 0 Å². The van der Waals surface area contributed by atoms with Crippen LogP contribution in [0, 0.1) is 0 Å². The Labute approximate surface area is 114 Å². The number of nitrogens with zero attached hydrogens (tertiary/aromatic N) is 3. The molecule has 2 aromatic heterocycles. The van der Waals surface area contributed by atoms with Gasteiger partial charge in [-0.05, 0) is 6.07 Å². The van der Waals surface area contributed by atoms with E-state index in [1.54, 1.807) is 19.4 Å². The zero-order chi connectivity index (χ0) is 13.5. The Morgan fingerprint density at radius 2 is 2.26 bits per heavy atom. The van der Waals surface area contributed by atoms with Gasteiger partial charge in [-0.1, -0.05) is 0 Å². The van der Waals surface area contributed by atoms with Crippen LogP contribution in [0.15, 0.2) is 24.5 Å². The third kappa shape index (κ3) is 4.34. The number of aliphatic hydroxyl groups excluding tert-OH is 1. The van der Waals surface area contributed by atoms with Gasteiger partial charge in [0.05, 0.1) is 30.7 Å². The number of pyridine rings is 1. The van der Waals surface area contributed by atoms with Crippen molar-refractivity contribution in [2.24, 2.45) is 0 Å². The average molecular weight is 282 g/mol. The van der Waals surface area contributed by atoms with Crippen molar-refractivity contribution >= 4 is 17.4 Å². The van der Waals surface area contributed by atoms with Gasteiger partial charge >= 0.3 is 0 Å². The van der Waals surface area contributed by atoms with Crippen molar-refractivity contribution in [3.63, 3.8) is 0 Å². The minimum atomic E-state index is -0.649. The van der Waals surface area contributed by atoms with Crippen molar-refractivity contribution in [2.75, 3.05) is 25.6 Å². The molecule has 102 valence electrons. The van der Waals surface area contributed by atoms with Crippen LogP contribution in [0.4, 0.5) is 5.69 Å². The first-order valence-electron chi connectivity index (χ1n) is 5.60. The van der Waals surface area contributed by atoms with Gasteiger partial charge in [-0.3, -0.25) is 0 Å². The Balaban J connectivity index is 1.71. The van der Waals surface area contributed by atoms with E-state index >= 15 is 0 Å². The van der Waals surface area contributed by atoms with Gasteiger partial charge in [0.25, 0.3) is 0 Å². The smallest absolute Gasteiger partial charge is 0.245 e. The van der Waals surface area contributed by atoms with E-state index in [4.69, 9.17) is 9.47 Å². The molecule has 0 aromatic carbocycles. The fourth-order valence-corrected chi connectivity index (χ4v) is 1.67. The summed E-state index contributed by atoms with van der Waals surface area (Å²) in [4.78, 5) is 4.05. The molecule has 0 radical (unpaired) electrons. The van der Waals surface area contributed by atoms with Crippen LogP contribution in [0.5, 0.6) is 11.8 Å². The van der Waals surface area contributed by atoms with Crippen molar-refractivity contribution in [1.29, 1.82) is 0 Å². The third-order valence-corrected chi connectivity index (χ3v) is 2.71. The minimum Gasteiger partial charge on any atom is -0.481 e. The minimum absolute atomic E-state index is 0.155. The number of hydrogen-bond donors (Lipinski definition) is 2. The van der Waals surface area contributed by atoms with E-state index in [0.717, 1.165) is 17.4 Å². The van der Waals surface area contributed by atoms with Gasteiger partial charge in [-0.15, -0.1) is 4.37 Å². The summed E-state index contributed by atoms with van der Waals surface area (Å²) in [7, 11) is 1.56. The number of rotatable bonds is 7. The summed E-state index contributed by atoms with van der Waals surface area (Å²) in [6.07, 6.45) is 2.50. The lowest BCUT2D eigenvalue weighted by Gasteiger charge is -2.12. The Kier molecular flexibility index (Phi) is 4.87. The van der Waals surface area contributed by atoms with Crippen LogP contribution in [0.3, 0.4) is 0 Å². The van der Waals surface area contributed by atoms with E-state index in [-0.39, 0.29) is 6.61 Å². The quantitative estimate of drug-likeness (QED) is 0.776. The maximum Gasteiger partial charge on any atom is 0.245 e. The molecule has 2 heterocycles. The molecule has 19 heavy (non-hydrogen) atoms. The predicted octanol–water partition coefficient (Wildman–Crippen LogP) is 0.793. The molecule has 2 rings (SSSR count). The standard InChI is InChI=1S/C11H14N4O3S/c1-17-10-3-2-8(4-13-10)12-5-9(16)7-18-11-6-14-19-15-11/h2-4,6,9,12,16H,5,7H2,1H3. The van der Waals surface area contributed by atoms with Gasteiger partial charge < -0.3 is 19.9 Å². The third-order valence-electron chi connectivity index (χ3n) is 2.25. The molecule has 1 atom stereocenters. The lowest BCUT2D eigenvalue weighted by Crippen LogP contribution is -2.26. The number of anilines is 1. The molecular weight excluding hydrogens is 268 g/mol. The number of methoxy groups -OCH3 is 1. The van der Waals surface area contributed by atoms with E-state index in [9.17, 15) is 5.11 Å². The zero-order valence-electron chi connectivity index (χ0n) is 10.3. The van der Waals surface area contributed by atoms with E-state index in [0.29, 0.717) is 18.3 Å². The largest absolute Gasteiger partial charge is 0.481 e. The van der Waals surface area contributed by atoms with Crippen LogP contribution in [-0.2, 0) is 0 Å². The average Bonchev–Trinajstić information content (AvgIpc) is 2.96. The van der Waals surface area contributed by atoms with Gasteiger partial charge in [0, 0.05) is 12.6 Å². The summed E-state index contributed by atoms with van der Waals surface area (Å²) in [5.74, 6) is 0.973. The summed E-state index contributed by atoms with van der Waals surface area (Å²) < 4.78 is 17.9. The van der Waals surface area contributed by atoms with Crippen molar-refractivity contribution < 1.29 is 14.6 Å². The topological polar surface area (TPSA) is 89.4 Å². The molecule has 0 saturated carbocycles. The normalized spacial score (nSPS) is 11.9. The number of ether oxygens (including phenoxy) is 2. The Morgan fingerprint density at radius 3 is 2.89 bits per heavy atom. The number of hydrogen-bond acceptors (Lipinski definition) is 8.